The smallest absolute Gasteiger partial charge is 0.165 e. The summed E-state index contributed by atoms with van der Waals surface area (Å²) in [5, 5.41) is 13.1. The van der Waals surface area contributed by atoms with Crippen LogP contribution in [0.3, 0.4) is 0 Å². The zero-order valence-electron chi connectivity index (χ0n) is 14.8. The molecule has 0 aliphatic rings. The van der Waals surface area contributed by atoms with Crippen LogP contribution in [0, 0.1) is 6.92 Å². The third kappa shape index (κ3) is 2.99. The van der Waals surface area contributed by atoms with Crippen LogP contribution in [0.5, 0.6) is 0 Å². The number of aromatic nitrogens is 8. The molecular formula is C17H19N9. The lowest BCUT2D eigenvalue weighted by molar-refractivity contribution is 0.558. The lowest BCUT2D eigenvalue weighted by atomic mass is 10.2. The highest BCUT2D eigenvalue weighted by Crippen LogP contribution is 2.27. The molecule has 0 unspecified atom stereocenters. The van der Waals surface area contributed by atoms with Crippen LogP contribution < -0.4 is 5.32 Å². The van der Waals surface area contributed by atoms with Crippen molar-refractivity contribution >= 4 is 16.9 Å². The summed E-state index contributed by atoms with van der Waals surface area (Å²) in [5.41, 5.74) is 2.53. The van der Waals surface area contributed by atoms with Gasteiger partial charge in [0.15, 0.2) is 11.5 Å². The molecule has 26 heavy (non-hydrogen) atoms. The molecule has 0 radical (unpaired) electrons. The Morgan fingerprint density at radius 3 is 2.85 bits per heavy atom. The number of pyridine rings is 1. The summed E-state index contributed by atoms with van der Waals surface area (Å²) in [6, 6.07) is 3.91. The van der Waals surface area contributed by atoms with Gasteiger partial charge in [0.05, 0.1) is 17.6 Å². The van der Waals surface area contributed by atoms with Gasteiger partial charge in [0.25, 0.3) is 0 Å². The van der Waals surface area contributed by atoms with Gasteiger partial charge >= 0.3 is 0 Å². The topological polar surface area (TPSA) is 99.2 Å². The molecule has 0 bridgehead atoms. The minimum Gasteiger partial charge on any atom is -0.365 e. The Balaban J connectivity index is 1.76. The molecule has 0 aliphatic carbocycles. The minimum atomic E-state index is 0.0937. The first kappa shape index (κ1) is 16.1. The Kier molecular flexibility index (Phi) is 4.04. The average molecular weight is 349 g/mol. The number of fused-ring (bicyclic) bond motifs is 1. The van der Waals surface area contributed by atoms with E-state index in [-0.39, 0.29) is 6.04 Å². The number of anilines is 1. The van der Waals surface area contributed by atoms with Crippen LogP contribution in [-0.4, -0.2) is 45.5 Å². The maximum atomic E-state index is 4.75. The first-order valence-corrected chi connectivity index (χ1v) is 8.32. The second-order valence-electron chi connectivity index (χ2n) is 6.21. The molecule has 1 atom stereocenters. The van der Waals surface area contributed by atoms with Crippen molar-refractivity contribution in [3.63, 3.8) is 0 Å². The van der Waals surface area contributed by atoms with E-state index in [1.165, 1.54) is 6.33 Å². The largest absolute Gasteiger partial charge is 0.365 e. The molecule has 0 aliphatic heterocycles. The zero-order valence-corrected chi connectivity index (χ0v) is 14.8. The van der Waals surface area contributed by atoms with Crippen LogP contribution >= 0.6 is 0 Å². The zero-order chi connectivity index (χ0) is 18.1. The quantitative estimate of drug-likeness (QED) is 0.587. The molecule has 0 saturated carbocycles. The second kappa shape index (κ2) is 6.51. The average Bonchev–Trinajstić information content (AvgIpc) is 3.24. The Bertz CT molecular complexity index is 1020. The Morgan fingerprint density at radius 1 is 1.23 bits per heavy atom. The van der Waals surface area contributed by atoms with Gasteiger partial charge in [-0.2, -0.15) is 10.2 Å². The van der Waals surface area contributed by atoms with Gasteiger partial charge in [-0.05, 0) is 26.0 Å². The van der Waals surface area contributed by atoms with Gasteiger partial charge in [0.1, 0.15) is 18.5 Å². The molecule has 0 fully saturated rings. The maximum Gasteiger partial charge on any atom is 0.165 e. The summed E-state index contributed by atoms with van der Waals surface area (Å²) in [6.07, 6.45) is 6.72. The SMILES string of the molecule is Cc1nn(C)c2nc(-c3cccnc3)nc(N[C@H](C)Cn3cncn3)c12. The third-order valence-corrected chi connectivity index (χ3v) is 4.09. The van der Waals surface area contributed by atoms with Crippen molar-refractivity contribution in [3.8, 4) is 11.4 Å². The summed E-state index contributed by atoms with van der Waals surface area (Å²) in [6.45, 7) is 4.71. The van der Waals surface area contributed by atoms with E-state index in [0.717, 1.165) is 28.1 Å². The van der Waals surface area contributed by atoms with E-state index in [0.29, 0.717) is 12.4 Å². The fraction of sp³-hybridized carbons (Fsp3) is 0.294. The van der Waals surface area contributed by atoms with Crippen LogP contribution in [0.15, 0.2) is 37.2 Å². The van der Waals surface area contributed by atoms with Crippen LogP contribution in [0.1, 0.15) is 12.6 Å². The minimum absolute atomic E-state index is 0.0937. The highest BCUT2D eigenvalue weighted by Gasteiger charge is 2.17. The highest BCUT2D eigenvalue weighted by atomic mass is 15.3. The molecule has 0 saturated heterocycles. The summed E-state index contributed by atoms with van der Waals surface area (Å²) < 4.78 is 3.56. The van der Waals surface area contributed by atoms with Crippen LogP contribution in [0.4, 0.5) is 5.82 Å². The first-order valence-electron chi connectivity index (χ1n) is 8.32. The van der Waals surface area contributed by atoms with E-state index in [2.05, 4.69) is 32.4 Å². The molecule has 0 aromatic carbocycles. The summed E-state index contributed by atoms with van der Waals surface area (Å²) >= 11 is 0. The molecule has 0 amide bonds. The second-order valence-corrected chi connectivity index (χ2v) is 6.21. The summed E-state index contributed by atoms with van der Waals surface area (Å²) in [5.74, 6) is 1.37. The van der Waals surface area contributed by atoms with Crippen LogP contribution in [0.2, 0.25) is 0 Å². The molecule has 9 heteroatoms. The Morgan fingerprint density at radius 2 is 2.12 bits per heavy atom. The normalized spacial score (nSPS) is 12.4. The summed E-state index contributed by atoms with van der Waals surface area (Å²) in [4.78, 5) is 17.6. The Labute approximate surface area is 150 Å². The van der Waals surface area contributed by atoms with Crippen molar-refractivity contribution in [1.29, 1.82) is 0 Å². The van der Waals surface area contributed by atoms with Crippen molar-refractivity contribution in [3.05, 3.63) is 42.9 Å². The first-order chi connectivity index (χ1) is 12.6. The highest BCUT2D eigenvalue weighted by molar-refractivity contribution is 5.90. The lowest BCUT2D eigenvalue weighted by Gasteiger charge is -2.16. The van der Waals surface area contributed by atoms with Gasteiger partial charge in [0.2, 0.25) is 0 Å². The summed E-state index contributed by atoms with van der Waals surface area (Å²) in [7, 11) is 1.89. The molecule has 4 aromatic heterocycles. The van der Waals surface area contributed by atoms with Crippen molar-refractivity contribution in [2.24, 2.45) is 7.05 Å². The predicted molar refractivity (Wildman–Crippen MR) is 97.4 cm³/mol. The lowest BCUT2D eigenvalue weighted by Crippen LogP contribution is -2.23. The number of rotatable bonds is 5. The van der Waals surface area contributed by atoms with E-state index in [4.69, 9.17) is 9.97 Å². The third-order valence-electron chi connectivity index (χ3n) is 4.09. The Hall–Kier alpha value is -3.36. The number of hydrogen-bond donors (Lipinski definition) is 1. The molecular weight excluding hydrogens is 330 g/mol. The molecule has 4 rings (SSSR count). The standard InChI is InChI=1S/C17H19N9/c1-11(8-26-10-19-9-20-26)21-16-14-12(2)24-25(3)17(14)23-15(22-16)13-5-4-6-18-7-13/h4-7,9-11H,8H2,1-3H3,(H,21,22,23)/t11-/m1/s1. The molecule has 132 valence electrons. The van der Waals surface area contributed by atoms with Crippen LogP contribution in [0.25, 0.3) is 22.4 Å². The van der Waals surface area contributed by atoms with E-state index < -0.39 is 0 Å². The number of nitrogens with zero attached hydrogens (tertiary/aromatic N) is 8. The van der Waals surface area contributed by atoms with Gasteiger partial charge in [0, 0.05) is 31.0 Å². The number of nitrogens with one attached hydrogen (secondary N) is 1. The molecule has 0 spiro atoms. The predicted octanol–water partition coefficient (Wildman–Crippen LogP) is 1.83. The molecule has 4 heterocycles. The molecule has 4 aromatic rings. The monoisotopic (exact) mass is 349 g/mol. The van der Waals surface area contributed by atoms with Gasteiger partial charge in [-0.3, -0.25) is 14.3 Å². The fourth-order valence-corrected chi connectivity index (χ4v) is 2.95. The van der Waals surface area contributed by atoms with E-state index in [1.807, 2.05) is 26.1 Å². The maximum absolute atomic E-state index is 4.75. The van der Waals surface area contributed by atoms with Crippen molar-refractivity contribution in [2.45, 2.75) is 26.4 Å². The van der Waals surface area contributed by atoms with E-state index in [1.54, 1.807) is 28.1 Å². The number of aryl methyl sites for hydroxylation is 2. The number of hydrogen-bond acceptors (Lipinski definition) is 7. The van der Waals surface area contributed by atoms with Gasteiger partial charge in [-0.1, -0.05) is 0 Å². The molecule has 9 nitrogen and oxygen atoms in total. The van der Waals surface area contributed by atoms with Gasteiger partial charge in [-0.15, -0.1) is 0 Å². The van der Waals surface area contributed by atoms with E-state index >= 15 is 0 Å². The van der Waals surface area contributed by atoms with E-state index in [9.17, 15) is 0 Å². The van der Waals surface area contributed by atoms with Crippen molar-refractivity contribution in [1.82, 2.24) is 39.5 Å². The van der Waals surface area contributed by atoms with Gasteiger partial charge in [-0.25, -0.2) is 15.0 Å². The molecule has 1 N–H and O–H groups in total. The fourth-order valence-electron chi connectivity index (χ4n) is 2.95. The van der Waals surface area contributed by atoms with Crippen LogP contribution in [-0.2, 0) is 13.6 Å². The van der Waals surface area contributed by atoms with Crippen molar-refractivity contribution < 1.29 is 0 Å². The van der Waals surface area contributed by atoms with Crippen molar-refractivity contribution in [2.75, 3.05) is 5.32 Å². The van der Waals surface area contributed by atoms with Gasteiger partial charge < -0.3 is 5.32 Å².